The molecule has 0 fully saturated rings. The predicted molar refractivity (Wildman–Crippen MR) is 77.1 cm³/mol. The Hall–Kier alpha value is -1.63. The minimum absolute atomic E-state index is 0.0308. The number of fused-ring (bicyclic) bond motifs is 1. The first-order valence-corrected chi connectivity index (χ1v) is 6.40. The third kappa shape index (κ3) is 2.61. The van der Waals surface area contributed by atoms with Crippen LogP contribution in [-0.4, -0.2) is 5.78 Å². The maximum atomic E-state index is 12.4. The Morgan fingerprint density at radius 2 is 1.61 bits per heavy atom. The van der Waals surface area contributed by atoms with Crippen LogP contribution in [0.25, 0.3) is 10.8 Å². The molecule has 0 aromatic heterocycles. The highest BCUT2D eigenvalue weighted by molar-refractivity contribution is 6.09. The largest absolute Gasteiger partial charge is 0.294 e. The maximum Gasteiger partial charge on any atom is 0.164 e. The van der Waals surface area contributed by atoms with Gasteiger partial charge in [0, 0.05) is 12.0 Å². The number of aryl methyl sites for hydroxylation is 1. The van der Waals surface area contributed by atoms with Crippen molar-refractivity contribution < 1.29 is 4.79 Å². The van der Waals surface area contributed by atoms with Crippen molar-refractivity contribution in [2.45, 2.75) is 34.1 Å². The lowest BCUT2D eigenvalue weighted by molar-refractivity contribution is 0.0941. The van der Waals surface area contributed by atoms with Crippen LogP contribution >= 0.6 is 0 Å². The van der Waals surface area contributed by atoms with E-state index in [0.29, 0.717) is 6.42 Å². The van der Waals surface area contributed by atoms with Crippen molar-refractivity contribution in [2.75, 3.05) is 0 Å². The van der Waals surface area contributed by atoms with Gasteiger partial charge in [0.2, 0.25) is 0 Å². The number of benzene rings is 2. The Morgan fingerprint density at radius 1 is 1.00 bits per heavy atom. The SMILES string of the molecule is Cc1ccc(C(=O)CC(C)(C)C)c2ccccc12. The van der Waals surface area contributed by atoms with Crippen LogP contribution in [0.3, 0.4) is 0 Å². The molecule has 1 heteroatoms. The van der Waals surface area contributed by atoms with E-state index in [2.05, 4.69) is 33.8 Å². The van der Waals surface area contributed by atoms with Gasteiger partial charge in [0.05, 0.1) is 0 Å². The average molecular weight is 240 g/mol. The van der Waals surface area contributed by atoms with Gasteiger partial charge in [-0.3, -0.25) is 4.79 Å². The van der Waals surface area contributed by atoms with Gasteiger partial charge in [-0.2, -0.15) is 0 Å². The minimum atomic E-state index is 0.0308. The Bertz CT molecular complexity index is 588. The van der Waals surface area contributed by atoms with Crippen LogP contribution in [0.5, 0.6) is 0 Å². The van der Waals surface area contributed by atoms with E-state index in [9.17, 15) is 4.79 Å². The molecule has 0 unspecified atom stereocenters. The molecule has 0 N–H and O–H groups in total. The van der Waals surface area contributed by atoms with E-state index in [1.807, 2.05) is 30.3 Å². The van der Waals surface area contributed by atoms with E-state index in [0.717, 1.165) is 10.9 Å². The standard InChI is InChI=1S/C17H20O/c1-12-9-10-15(16(18)11-17(2,3)4)14-8-6-5-7-13(12)14/h5-10H,11H2,1-4H3. The molecule has 0 spiro atoms. The number of carbonyl (C=O) groups excluding carboxylic acids is 1. The molecular formula is C17H20O. The minimum Gasteiger partial charge on any atom is -0.294 e. The molecule has 0 aliphatic rings. The van der Waals surface area contributed by atoms with Gasteiger partial charge in [0.15, 0.2) is 5.78 Å². The van der Waals surface area contributed by atoms with Crippen molar-refractivity contribution in [1.82, 2.24) is 0 Å². The van der Waals surface area contributed by atoms with E-state index >= 15 is 0 Å². The number of rotatable bonds is 2. The molecule has 0 aliphatic carbocycles. The molecule has 0 radical (unpaired) electrons. The summed E-state index contributed by atoms with van der Waals surface area (Å²) in [6, 6.07) is 12.1. The smallest absolute Gasteiger partial charge is 0.164 e. The van der Waals surface area contributed by atoms with Crippen LogP contribution in [0.1, 0.15) is 43.1 Å². The third-order valence-electron chi connectivity index (χ3n) is 3.13. The highest BCUT2D eigenvalue weighted by Crippen LogP contribution is 2.27. The van der Waals surface area contributed by atoms with Crippen molar-refractivity contribution in [3.63, 3.8) is 0 Å². The fraction of sp³-hybridized carbons (Fsp3) is 0.353. The first-order chi connectivity index (χ1) is 8.38. The third-order valence-corrected chi connectivity index (χ3v) is 3.13. The van der Waals surface area contributed by atoms with Gasteiger partial charge < -0.3 is 0 Å². The van der Waals surface area contributed by atoms with Gasteiger partial charge in [-0.1, -0.05) is 57.2 Å². The lowest BCUT2D eigenvalue weighted by Crippen LogP contribution is -2.13. The lowest BCUT2D eigenvalue weighted by atomic mass is 9.86. The summed E-state index contributed by atoms with van der Waals surface area (Å²) in [5.41, 5.74) is 2.10. The van der Waals surface area contributed by atoms with Gasteiger partial charge in [-0.15, -0.1) is 0 Å². The maximum absolute atomic E-state index is 12.4. The fourth-order valence-electron chi connectivity index (χ4n) is 2.27. The summed E-state index contributed by atoms with van der Waals surface area (Å²) in [4.78, 5) is 12.4. The second-order valence-electron chi connectivity index (χ2n) is 6.14. The average Bonchev–Trinajstić information content (AvgIpc) is 2.27. The van der Waals surface area contributed by atoms with Crippen LogP contribution < -0.4 is 0 Å². The van der Waals surface area contributed by atoms with Gasteiger partial charge in [0.1, 0.15) is 0 Å². The van der Waals surface area contributed by atoms with Crippen molar-refractivity contribution >= 4 is 16.6 Å². The zero-order valence-corrected chi connectivity index (χ0v) is 11.6. The summed E-state index contributed by atoms with van der Waals surface area (Å²) in [7, 11) is 0. The summed E-state index contributed by atoms with van der Waals surface area (Å²) in [6.45, 7) is 8.38. The Labute approximate surface area is 109 Å². The summed E-state index contributed by atoms with van der Waals surface area (Å²) in [6.07, 6.45) is 0.583. The van der Waals surface area contributed by atoms with Gasteiger partial charge in [-0.25, -0.2) is 0 Å². The van der Waals surface area contributed by atoms with E-state index < -0.39 is 0 Å². The van der Waals surface area contributed by atoms with Crippen LogP contribution in [0.4, 0.5) is 0 Å². The van der Waals surface area contributed by atoms with Crippen molar-refractivity contribution in [1.29, 1.82) is 0 Å². The molecule has 0 heterocycles. The summed E-state index contributed by atoms with van der Waals surface area (Å²) in [5, 5.41) is 2.25. The molecule has 2 aromatic rings. The summed E-state index contributed by atoms with van der Waals surface area (Å²) in [5.74, 6) is 0.235. The van der Waals surface area contributed by atoms with Crippen LogP contribution in [0.15, 0.2) is 36.4 Å². The molecule has 2 aromatic carbocycles. The molecular weight excluding hydrogens is 220 g/mol. The predicted octanol–water partition coefficient (Wildman–Crippen LogP) is 4.77. The summed E-state index contributed by atoms with van der Waals surface area (Å²) < 4.78 is 0. The lowest BCUT2D eigenvalue weighted by Gasteiger charge is -2.17. The van der Waals surface area contributed by atoms with E-state index in [4.69, 9.17) is 0 Å². The first kappa shape index (κ1) is 12.8. The zero-order chi connectivity index (χ0) is 13.3. The Kier molecular flexibility index (Phi) is 3.25. The molecule has 1 nitrogen and oxygen atoms in total. The number of ketones is 1. The first-order valence-electron chi connectivity index (χ1n) is 6.40. The molecule has 94 valence electrons. The molecule has 0 bridgehead atoms. The topological polar surface area (TPSA) is 17.1 Å². The molecule has 0 atom stereocenters. The molecule has 0 saturated heterocycles. The molecule has 0 amide bonds. The second kappa shape index (κ2) is 4.56. The monoisotopic (exact) mass is 240 g/mol. The normalized spacial score (nSPS) is 11.8. The van der Waals surface area contributed by atoms with Crippen LogP contribution in [0.2, 0.25) is 0 Å². The molecule has 18 heavy (non-hydrogen) atoms. The molecule has 2 rings (SSSR count). The van der Waals surface area contributed by atoms with E-state index in [-0.39, 0.29) is 11.2 Å². The Morgan fingerprint density at radius 3 is 2.22 bits per heavy atom. The quantitative estimate of drug-likeness (QED) is 0.691. The second-order valence-corrected chi connectivity index (χ2v) is 6.14. The van der Waals surface area contributed by atoms with Crippen LogP contribution in [0, 0.1) is 12.3 Å². The zero-order valence-electron chi connectivity index (χ0n) is 11.6. The molecule has 0 saturated carbocycles. The molecule has 0 aliphatic heterocycles. The fourth-order valence-corrected chi connectivity index (χ4v) is 2.27. The number of carbonyl (C=O) groups is 1. The number of Topliss-reactive ketones (excluding diaryl/α,β-unsaturated/α-hetero) is 1. The highest BCUT2D eigenvalue weighted by atomic mass is 16.1. The number of hydrogen-bond acceptors (Lipinski definition) is 1. The van der Waals surface area contributed by atoms with Crippen molar-refractivity contribution in [3.8, 4) is 0 Å². The van der Waals surface area contributed by atoms with Gasteiger partial charge >= 0.3 is 0 Å². The van der Waals surface area contributed by atoms with Crippen LogP contribution in [-0.2, 0) is 0 Å². The van der Waals surface area contributed by atoms with Gasteiger partial charge in [0.25, 0.3) is 0 Å². The van der Waals surface area contributed by atoms with Crippen molar-refractivity contribution in [3.05, 3.63) is 47.5 Å². The van der Waals surface area contributed by atoms with E-state index in [1.165, 1.54) is 10.9 Å². The highest BCUT2D eigenvalue weighted by Gasteiger charge is 2.19. The summed E-state index contributed by atoms with van der Waals surface area (Å²) >= 11 is 0. The van der Waals surface area contributed by atoms with Crippen molar-refractivity contribution in [2.24, 2.45) is 5.41 Å². The van der Waals surface area contributed by atoms with Gasteiger partial charge in [-0.05, 0) is 28.7 Å². The number of hydrogen-bond donors (Lipinski definition) is 0. The van der Waals surface area contributed by atoms with E-state index in [1.54, 1.807) is 0 Å². The Balaban J connectivity index is 2.52.